The van der Waals surface area contributed by atoms with Gasteiger partial charge >= 0.3 is 0 Å². The van der Waals surface area contributed by atoms with Crippen LogP contribution < -0.4 is 4.74 Å². The second-order valence-electron chi connectivity index (χ2n) is 8.79. The van der Waals surface area contributed by atoms with Crippen molar-refractivity contribution in [1.82, 2.24) is 18.5 Å². The first kappa shape index (κ1) is 20.8. The number of ether oxygens (including phenoxy) is 2. The topological polar surface area (TPSA) is 50.7 Å². The van der Waals surface area contributed by atoms with Crippen molar-refractivity contribution in [1.29, 1.82) is 0 Å². The fourth-order valence-electron chi connectivity index (χ4n) is 4.84. The van der Waals surface area contributed by atoms with E-state index >= 15 is 0 Å². The predicted octanol–water partition coefficient (Wildman–Crippen LogP) is 3.94. The monoisotopic (exact) mass is 438 g/mol. The summed E-state index contributed by atoms with van der Waals surface area (Å²) < 4.78 is 20.2. The normalized spacial score (nSPS) is 20.4. The number of rotatable bonds is 6. The van der Waals surface area contributed by atoms with Crippen LogP contribution in [0.5, 0.6) is 5.75 Å². The molecule has 0 spiro atoms. The Bertz CT molecular complexity index is 1020. The molecule has 164 valence electrons. The molecule has 7 heteroatoms. The predicted molar refractivity (Wildman–Crippen MR) is 123 cm³/mol. The first-order valence-electron chi connectivity index (χ1n) is 11.2. The summed E-state index contributed by atoms with van der Waals surface area (Å²) in [5.41, 5.74) is 5.91. The van der Waals surface area contributed by atoms with Gasteiger partial charge < -0.3 is 9.47 Å². The van der Waals surface area contributed by atoms with E-state index in [4.69, 9.17) is 9.47 Å². The Kier molecular flexibility index (Phi) is 6.45. The summed E-state index contributed by atoms with van der Waals surface area (Å²) in [6.07, 6.45) is 2.54. The molecule has 2 aromatic carbocycles. The van der Waals surface area contributed by atoms with E-state index in [2.05, 4.69) is 54.9 Å². The van der Waals surface area contributed by atoms with Crippen molar-refractivity contribution in [3.63, 3.8) is 0 Å². The Morgan fingerprint density at radius 3 is 2.81 bits per heavy atom. The third-order valence-corrected chi connectivity index (χ3v) is 6.88. The zero-order chi connectivity index (χ0) is 21.0. The average molecular weight is 439 g/mol. The first-order chi connectivity index (χ1) is 15.3. The third kappa shape index (κ3) is 5.06. The summed E-state index contributed by atoms with van der Waals surface area (Å²) in [7, 11) is 1.81. The van der Waals surface area contributed by atoms with Crippen LogP contribution in [0.3, 0.4) is 0 Å². The van der Waals surface area contributed by atoms with Crippen molar-refractivity contribution in [3.05, 3.63) is 53.1 Å². The minimum atomic E-state index is 0.656. The molecule has 1 saturated heterocycles. The Balaban J connectivity index is 1.27. The maximum Gasteiger partial charge on any atom is 0.123 e. The molecule has 1 atom stereocenters. The Hall–Kier alpha value is -2.06. The molecule has 0 amide bonds. The van der Waals surface area contributed by atoms with E-state index in [1.165, 1.54) is 47.8 Å². The molecule has 0 saturated carbocycles. The molecule has 1 aromatic heterocycles. The molecule has 0 bridgehead atoms. The van der Waals surface area contributed by atoms with Gasteiger partial charge in [-0.15, -0.1) is 0 Å². The van der Waals surface area contributed by atoms with E-state index in [-0.39, 0.29) is 0 Å². The molecule has 0 N–H and O–H groups in total. The van der Waals surface area contributed by atoms with Gasteiger partial charge in [-0.05, 0) is 60.7 Å². The van der Waals surface area contributed by atoms with E-state index in [9.17, 15) is 0 Å². The zero-order valence-electron chi connectivity index (χ0n) is 18.1. The highest BCUT2D eigenvalue weighted by atomic mass is 32.1. The third-order valence-electron chi connectivity index (χ3n) is 6.32. The zero-order valence-corrected chi connectivity index (χ0v) is 18.9. The smallest absolute Gasteiger partial charge is 0.123 e. The number of nitrogens with zero attached hydrogens (tertiary/aromatic N) is 4. The van der Waals surface area contributed by atoms with Crippen LogP contribution >= 0.6 is 11.7 Å². The van der Waals surface area contributed by atoms with Gasteiger partial charge in [-0.3, -0.25) is 9.80 Å². The number of likely N-dealkylation sites (tertiary alicyclic amines) is 1. The number of hydrogen-bond acceptors (Lipinski definition) is 7. The molecule has 0 aliphatic carbocycles. The van der Waals surface area contributed by atoms with Crippen molar-refractivity contribution in [2.75, 3.05) is 40.0 Å². The number of benzene rings is 2. The molecule has 5 rings (SSSR count). The second kappa shape index (κ2) is 9.61. The number of methoxy groups -OCH3 is 1. The quantitative estimate of drug-likeness (QED) is 0.581. The maximum absolute atomic E-state index is 6.08. The van der Waals surface area contributed by atoms with Crippen LogP contribution in [0.25, 0.3) is 11.0 Å². The molecule has 31 heavy (non-hydrogen) atoms. The molecule has 2 aliphatic heterocycles. The fourth-order valence-corrected chi connectivity index (χ4v) is 5.36. The maximum atomic E-state index is 6.08. The Labute approximate surface area is 188 Å². The van der Waals surface area contributed by atoms with Gasteiger partial charge in [0, 0.05) is 45.4 Å². The summed E-state index contributed by atoms with van der Waals surface area (Å²) >= 11 is 1.28. The summed E-state index contributed by atoms with van der Waals surface area (Å²) in [6.45, 7) is 7.61. The van der Waals surface area contributed by atoms with Gasteiger partial charge in [0.05, 0.1) is 18.3 Å². The molecule has 3 aromatic rings. The highest BCUT2D eigenvalue weighted by Gasteiger charge is 2.21. The molecule has 1 fully saturated rings. The lowest BCUT2D eigenvalue weighted by Crippen LogP contribution is -2.36. The van der Waals surface area contributed by atoms with Crippen molar-refractivity contribution in [2.45, 2.75) is 32.5 Å². The second-order valence-corrected chi connectivity index (χ2v) is 9.32. The van der Waals surface area contributed by atoms with Gasteiger partial charge in [-0.2, -0.15) is 8.75 Å². The number of aromatic nitrogens is 2. The molecule has 0 radical (unpaired) electrons. The van der Waals surface area contributed by atoms with Crippen LogP contribution in [-0.2, 0) is 24.4 Å². The highest BCUT2D eigenvalue weighted by Crippen LogP contribution is 2.27. The van der Waals surface area contributed by atoms with Crippen LogP contribution in [-0.4, -0.2) is 58.5 Å². The average Bonchev–Trinajstić information content (AvgIpc) is 3.14. The Morgan fingerprint density at radius 2 is 1.87 bits per heavy atom. The molecular weight excluding hydrogens is 408 g/mol. The standard InChI is InChI=1S/C24H30N4O2S/c1-29-17-20-3-2-8-27(15-20)13-18-5-7-24-21(11-18)16-28(9-10-30-24)14-19-4-6-22-23(12-19)26-31-25-22/h4-7,11-12,20H,2-3,8-10,13-17H2,1H3. The largest absolute Gasteiger partial charge is 0.492 e. The molecular formula is C24H30N4O2S. The lowest BCUT2D eigenvalue weighted by molar-refractivity contribution is 0.0873. The van der Waals surface area contributed by atoms with Crippen LogP contribution in [0.1, 0.15) is 29.5 Å². The van der Waals surface area contributed by atoms with E-state index in [1.54, 1.807) is 0 Å². The van der Waals surface area contributed by atoms with Gasteiger partial charge in [-0.1, -0.05) is 12.1 Å². The summed E-state index contributed by atoms with van der Waals surface area (Å²) in [5, 5.41) is 0. The van der Waals surface area contributed by atoms with Crippen LogP contribution in [0.4, 0.5) is 0 Å². The highest BCUT2D eigenvalue weighted by molar-refractivity contribution is 7.00. The van der Waals surface area contributed by atoms with Crippen LogP contribution in [0.2, 0.25) is 0 Å². The first-order valence-corrected chi connectivity index (χ1v) is 11.9. The van der Waals surface area contributed by atoms with Crippen molar-refractivity contribution in [2.24, 2.45) is 5.92 Å². The molecule has 2 aliphatic rings. The minimum Gasteiger partial charge on any atom is -0.492 e. The van der Waals surface area contributed by atoms with Gasteiger partial charge in [0.2, 0.25) is 0 Å². The SMILES string of the molecule is COCC1CCCN(Cc2ccc3c(c2)CN(Cc2ccc4nsnc4c2)CCO3)C1. The van der Waals surface area contributed by atoms with Crippen molar-refractivity contribution >= 4 is 22.8 Å². The van der Waals surface area contributed by atoms with Crippen LogP contribution in [0.15, 0.2) is 36.4 Å². The minimum absolute atomic E-state index is 0.656. The number of piperidine rings is 1. The van der Waals surface area contributed by atoms with Gasteiger partial charge in [0.25, 0.3) is 0 Å². The van der Waals surface area contributed by atoms with E-state index in [0.29, 0.717) is 5.92 Å². The summed E-state index contributed by atoms with van der Waals surface area (Å²) in [6, 6.07) is 13.1. The van der Waals surface area contributed by atoms with Gasteiger partial charge in [-0.25, -0.2) is 0 Å². The molecule has 3 heterocycles. The van der Waals surface area contributed by atoms with Crippen molar-refractivity contribution in [3.8, 4) is 5.75 Å². The number of fused-ring (bicyclic) bond motifs is 2. The fraction of sp³-hybridized carbons (Fsp3) is 0.500. The summed E-state index contributed by atoms with van der Waals surface area (Å²) in [5.74, 6) is 1.69. The van der Waals surface area contributed by atoms with E-state index in [0.717, 1.165) is 62.7 Å². The van der Waals surface area contributed by atoms with Crippen molar-refractivity contribution < 1.29 is 9.47 Å². The van der Waals surface area contributed by atoms with E-state index in [1.807, 2.05) is 7.11 Å². The number of hydrogen-bond donors (Lipinski definition) is 0. The van der Waals surface area contributed by atoms with Gasteiger partial charge in [0.1, 0.15) is 23.4 Å². The lowest BCUT2D eigenvalue weighted by Gasteiger charge is -2.32. The summed E-state index contributed by atoms with van der Waals surface area (Å²) in [4.78, 5) is 5.04. The van der Waals surface area contributed by atoms with E-state index < -0.39 is 0 Å². The van der Waals surface area contributed by atoms with Crippen LogP contribution in [0, 0.1) is 5.92 Å². The molecule has 6 nitrogen and oxygen atoms in total. The Morgan fingerprint density at radius 1 is 1.03 bits per heavy atom. The molecule has 1 unspecified atom stereocenters. The lowest BCUT2D eigenvalue weighted by atomic mass is 9.98. The van der Waals surface area contributed by atoms with Gasteiger partial charge in [0.15, 0.2) is 0 Å².